The van der Waals surface area contributed by atoms with Crippen molar-refractivity contribution in [1.82, 2.24) is 15.3 Å². The van der Waals surface area contributed by atoms with Crippen LogP contribution in [0.1, 0.15) is 32.7 Å². The Bertz CT molecular complexity index is 1870. The Labute approximate surface area is 268 Å². The van der Waals surface area contributed by atoms with Crippen LogP contribution >= 0.6 is 0 Å². The number of nitrogens with one attached hydrogen (secondary N) is 1. The molecule has 2 amide bonds. The standard InChI is InChI=1S/C32H26F6N4O6/c1-17-11-18(12-22(30(45)46)41-24(43)13-19-5-2-3-9-39-19)7-8-23(17)42-14-21-25(29(42)44)27(47-15-31(33,34)35)20-6-4-10-40-26(20)28(21)48-16-32(36,37)38/h2-11,22H,12-16H2,1H3,(H,41,43)(H,45,46). The van der Waals surface area contributed by atoms with Gasteiger partial charge in [-0.1, -0.05) is 18.2 Å². The molecule has 1 aliphatic rings. The van der Waals surface area contributed by atoms with Crippen LogP contribution < -0.4 is 19.7 Å². The molecule has 0 fully saturated rings. The van der Waals surface area contributed by atoms with Crippen LogP contribution in [0.3, 0.4) is 0 Å². The summed E-state index contributed by atoms with van der Waals surface area (Å²) in [5.41, 5.74) is 0.814. The molecular formula is C32H26F6N4O6. The zero-order valence-corrected chi connectivity index (χ0v) is 25.0. The van der Waals surface area contributed by atoms with Gasteiger partial charge in [-0.3, -0.25) is 19.6 Å². The minimum atomic E-state index is -4.80. The zero-order chi connectivity index (χ0) is 34.8. The van der Waals surface area contributed by atoms with Crippen molar-refractivity contribution in [3.8, 4) is 11.5 Å². The van der Waals surface area contributed by atoms with Gasteiger partial charge < -0.3 is 24.8 Å². The van der Waals surface area contributed by atoms with Gasteiger partial charge in [0.25, 0.3) is 5.91 Å². The van der Waals surface area contributed by atoms with Gasteiger partial charge in [-0.15, -0.1) is 0 Å². The second-order valence-electron chi connectivity index (χ2n) is 10.9. The number of hydrogen-bond donors (Lipinski definition) is 2. The molecule has 2 aromatic carbocycles. The fourth-order valence-corrected chi connectivity index (χ4v) is 5.34. The fraction of sp³-hybridized carbons (Fsp3) is 0.281. The number of rotatable bonds is 11. The Balaban J connectivity index is 1.46. The van der Waals surface area contributed by atoms with Gasteiger partial charge in [0.15, 0.2) is 19.0 Å². The van der Waals surface area contributed by atoms with Crippen LogP contribution in [0, 0.1) is 6.92 Å². The van der Waals surface area contributed by atoms with Gasteiger partial charge in [-0.05, 0) is 48.4 Å². The minimum absolute atomic E-state index is 0.138. The molecule has 0 saturated heterocycles. The number of carboxylic acid groups (broad SMARTS) is 1. The first-order valence-corrected chi connectivity index (χ1v) is 14.3. The highest BCUT2D eigenvalue weighted by atomic mass is 19.4. The molecule has 0 bridgehead atoms. The Morgan fingerprint density at radius 2 is 1.65 bits per heavy atom. The maximum absolute atomic E-state index is 13.9. The van der Waals surface area contributed by atoms with Crippen molar-refractivity contribution in [2.24, 2.45) is 0 Å². The van der Waals surface area contributed by atoms with E-state index in [0.717, 1.165) is 4.90 Å². The highest BCUT2D eigenvalue weighted by Gasteiger charge is 2.40. The maximum Gasteiger partial charge on any atom is 0.422 e. The second-order valence-corrected chi connectivity index (χ2v) is 10.9. The number of aromatic nitrogens is 2. The SMILES string of the molecule is Cc1cc(CC(NC(=O)Cc2ccccn2)C(=O)O)ccc1N1Cc2c(c(OCC(F)(F)F)c3cccnc3c2OCC(F)(F)F)C1=O. The predicted octanol–water partition coefficient (Wildman–Crippen LogP) is 5.34. The number of pyridine rings is 2. The van der Waals surface area contributed by atoms with Crippen molar-refractivity contribution in [3.63, 3.8) is 0 Å². The maximum atomic E-state index is 13.9. The lowest BCUT2D eigenvalue weighted by atomic mass is 10.0. The molecule has 0 radical (unpaired) electrons. The van der Waals surface area contributed by atoms with Gasteiger partial charge in [0.1, 0.15) is 17.3 Å². The number of aliphatic carboxylic acids is 1. The van der Waals surface area contributed by atoms with Crippen LogP contribution in [0.15, 0.2) is 60.9 Å². The molecule has 10 nitrogen and oxygen atoms in total. The third-order valence-corrected chi connectivity index (χ3v) is 7.30. The summed E-state index contributed by atoms with van der Waals surface area (Å²) in [6.07, 6.45) is -7.15. The van der Waals surface area contributed by atoms with Gasteiger partial charge >= 0.3 is 18.3 Å². The topological polar surface area (TPSA) is 131 Å². The van der Waals surface area contributed by atoms with Crippen molar-refractivity contribution in [1.29, 1.82) is 0 Å². The van der Waals surface area contributed by atoms with Crippen molar-refractivity contribution < 1.29 is 55.3 Å². The number of carbonyl (C=O) groups is 3. The van der Waals surface area contributed by atoms with Crippen LogP contribution in [0.4, 0.5) is 32.0 Å². The van der Waals surface area contributed by atoms with E-state index >= 15 is 0 Å². The second kappa shape index (κ2) is 13.4. The zero-order valence-electron chi connectivity index (χ0n) is 25.0. The number of amides is 2. The molecule has 48 heavy (non-hydrogen) atoms. The quantitative estimate of drug-likeness (QED) is 0.204. The van der Waals surface area contributed by atoms with E-state index in [4.69, 9.17) is 9.47 Å². The molecule has 0 saturated carbocycles. The summed E-state index contributed by atoms with van der Waals surface area (Å²) in [4.78, 5) is 47.5. The lowest BCUT2D eigenvalue weighted by Crippen LogP contribution is -2.43. The normalized spacial score (nSPS) is 13.7. The molecule has 16 heteroatoms. The largest absolute Gasteiger partial charge is 0.483 e. The average molecular weight is 677 g/mol. The molecular weight excluding hydrogens is 650 g/mol. The molecule has 3 heterocycles. The van der Waals surface area contributed by atoms with Crippen LogP contribution in [-0.2, 0) is 29.0 Å². The van der Waals surface area contributed by atoms with E-state index in [9.17, 15) is 45.8 Å². The number of anilines is 1. The number of hydrogen-bond acceptors (Lipinski definition) is 7. The first kappa shape index (κ1) is 33.9. The van der Waals surface area contributed by atoms with Crippen LogP contribution in [-0.4, -0.2) is 64.5 Å². The highest BCUT2D eigenvalue weighted by molar-refractivity contribution is 6.16. The molecule has 4 aromatic rings. The summed E-state index contributed by atoms with van der Waals surface area (Å²) in [5, 5.41) is 12.1. The summed E-state index contributed by atoms with van der Waals surface area (Å²) < 4.78 is 89.4. The molecule has 5 rings (SSSR count). The summed E-state index contributed by atoms with van der Waals surface area (Å²) in [5.74, 6) is -3.64. The Kier molecular flexibility index (Phi) is 9.45. The summed E-state index contributed by atoms with van der Waals surface area (Å²) in [6, 6.07) is 10.8. The summed E-state index contributed by atoms with van der Waals surface area (Å²) >= 11 is 0. The Morgan fingerprint density at radius 1 is 0.958 bits per heavy atom. The molecule has 252 valence electrons. The molecule has 0 spiro atoms. The number of nitrogens with zero attached hydrogens (tertiary/aromatic N) is 3. The number of halogens is 6. The first-order valence-electron chi connectivity index (χ1n) is 14.3. The van der Waals surface area contributed by atoms with Crippen molar-refractivity contribution in [3.05, 3.63) is 88.9 Å². The lowest BCUT2D eigenvalue weighted by Gasteiger charge is -2.20. The van der Waals surface area contributed by atoms with E-state index in [1.54, 1.807) is 31.2 Å². The van der Waals surface area contributed by atoms with E-state index in [0.29, 0.717) is 16.8 Å². The highest BCUT2D eigenvalue weighted by Crippen LogP contribution is 2.46. The third kappa shape index (κ3) is 7.75. The van der Waals surface area contributed by atoms with E-state index in [2.05, 4.69) is 15.3 Å². The van der Waals surface area contributed by atoms with Crippen LogP contribution in [0.5, 0.6) is 11.5 Å². The Morgan fingerprint density at radius 3 is 2.27 bits per heavy atom. The monoisotopic (exact) mass is 676 g/mol. The number of fused-ring (bicyclic) bond motifs is 2. The van der Waals surface area contributed by atoms with Crippen LogP contribution in [0.2, 0.25) is 0 Å². The lowest BCUT2D eigenvalue weighted by molar-refractivity contribution is -0.154. The van der Waals surface area contributed by atoms with Crippen LogP contribution in [0.25, 0.3) is 10.9 Å². The fourth-order valence-electron chi connectivity index (χ4n) is 5.34. The van der Waals surface area contributed by atoms with Gasteiger partial charge in [0.05, 0.1) is 18.5 Å². The Hall–Kier alpha value is -5.41. The number of aryl methyl sites for hydroxylation is 1. The van der Waals surface area contributed by atoms with E-state index < -0.39 is 73.0 Å². The van der Waals surface area contributed by atoms with E-state index in [-0.39, 0.29) is 35.0 Å². The third-order valence-electron chi connectivity index (χ3n) is 7.30. The average Bonchev–Trinajstić information content (AvgIpc) is 3.34. The van der Waals surface area contributed by atoms with Gasteiger partial charge in [0.2, 0.25) is 5.91 Å². The predicted molar refractivity (Wildman–Crippen MR) is 158 cm³/mol. The van der Waals surface area contributed by atoms with Gasteiger partial charge in [-0.2, -0.15) is 26.3 Å². The van der Waals surface area contributed by atoms with E-state index in [1.807, 2.05) is 0 Å². The number of carbonyl (C=O) groups excluding carboxylic acids is 2. The first-order chi connectivity index (χ1) is 22.6. The van der Waals surface area contributed by atoms with Gasteiger partial charge in [-0.25, -0.2) is 4.79 Å². The number of benzene rings is 2. The number of alkyl halides is 6. The summed E-state index contributed by atoms with van der Waals surface area (Å²) in [6.45, 7) is -2.34. The molecule has 1 atom stereocenters. The molecule has 2 aromatic heterocycles. The van der Waals surface area contributed by atoms with Crippen molar-refractivity contribution in [2.75, 3.05) is 18.1 Å². The molecule has 0 aliphatic carbocycles. The van der Waals surface area contributed by atoms with Crippen molar-refractivity contribution in [2.45, 2.75) is 44.7 Å². The smallest absolute Gasteiger partial charge is 0.422 e. The summed E-state index contributed by atoms with van der Waals surface area (Å²) in [7, 11) is 0. The minimum Gasteiger partial charge on any atom is -0.483 e. The number of carboxylic acids is 1. The van der Waals surface area contributed by atoms with E-state index in [1.165, 1.54) is 36.7 Å². The van der Waals surface area contributed by atoms with Gasteiger partial charge in [0, 0.05) is 41.1 Å². The molecule has 1 unspecified atom stereocenters. The molecule has 2 N–H and O–H groups in total. The van der Waals surface area contributed by atoms with Crippen molar-refractivity contribution >= 4 is 34.4 Å². The molecule has 1 aliphatic heterocycles. The number of ether oxygens (including phenoxy) is 2.